The van der Waals surface area contributed by atoms with Gasteiger partial charge in [-0.25, -0.2) is 0 Å². The minimum absolute atomic E-state index is 0.0510. The van der Waals surface area contributed by atoms with Crippen LogP contribution in [-0.4, -0.2) is 16.1 Å². The van der Waals surface area contributed by atoms with E-state index in [1.54, 1.807) is 10.4 Å². The Morgan fingerprint density at radius 2 is 0.571 bits per heavy atom. The van der Waals surface area contributed by atoms with Gasteiger partial charge in [0.05, 0.1) is 0 Å². The largest absolute Gasteiger partial charge is 0.311 e. The third-order valence-electron chi connectivity index (χ3n) is 20.0. The zero-order chi connectivity index (χ0) is 57.0. The van der Waals surface area contributed by atoms with E-state index in [0.29, 0.717) is 0 Å². The third kappa shape index (κ3) is 7.26. The molecule has 0 amide bonds. The zero-order valence-electron chi connectivity index (χ0n) is 49.1. The normalized spacial score (nSPS) is 15.3. The third-order valence-corrected chi connectivity index (χ3v) is 27.3. The molecule has 0 N–H and O–H groups in total. The van der Waals surface area contributed by atoms with Crippen molar-refractivity contribution in [1.82, 2.24) is 0 Å². The first-order valence-electron chi connectivity index (χ1n) is 30.0. The molecule has 0 unspecified atom stereocenters. The Balaban J connectivity index is 0.767. The van der Waals surface area contributed by atoms with Gasteiger partial charge >= 0.3 is 0 Å². The van der Waals surface area contributed by atoms with Gasteiger partial charge in [0, 0.05) is 45.0 Å². The standard InChI is InChI=1S/C80H66N2Si2/c1-79(2)69-29-19-17-25-61(69)63-43-35-53(47-71(63)79)51-31-37-57(38-32-51)81(55-21-11-9-12-22-55)59-41-45-67-73(49-59)83(5,6)77-75(67)65-27-15-16-28-66(65)76-68-46-42-60(50-74(68)84(7,8)78(76)77)82(56-23-13-10-14-24-56)58-39-33-52(34-40-58)54-36-44-64-62-26-18-20-30-70(62)80(3,4)72(64)48-54/h9-50H,1-8H3. The van der Waals surface area contributed by atoms with E-state index in [9.17, 15) is 0 Å². The minimum atomic E-state index is -2.37. The summed E-state index contributed by atoms with van der Waals surface area (Å²) in [6, 6.07) is 96.7. The predicted octanol–water partition coefficient (Wildman–Crippen LogP) is 19.3. The molecule has 2 heterocycles. The lowest BCUT2D eigenvalue weighted by atomic mass is 9.81. The molecule has 0 saturated heterocycles. The van der Waals surface area contributed by atoms with Crippen molar-refractivity contribution in [3.8, 4) is 66.8 Å². The van der Waals surface area contributed by atoms with Gasteiger partial charge in [0.25, 0.3) is 0 Å². The smallest absolute Gasteiger partial charge is 0.113 e. The Bertz CT molecular complexity index is 4400. The molecule has 12 aromatic rings. The number of nitrogens with zero attached hydrogens (tertiary/aromatic N) is 2. The molecule has 0 saturated carbocycles. The van der Waals surface area contributed by atoms with Gasteiger partial charge in [-0.15, -0.1) is 0 Å². The summed E-state index contributed by atoms with van der Waals surface area (Å²) in [6.45, 7) is 20.0. The minimum Gasteiger partial charge on any atom is -0.311 e. The lowest BCUT2D eigenvalue weighted by molar-refractivity contribution is 0.660. The Kier molecular flexibility index (Phi) is 11.0. The fourth-order valence-electron chi connectivity index (χ4n) is 15.8. The van der Waals surface area contributed by atoms with Crippen molar-refractivity contribution in [3.63, 3.8) is 0 Å². The Morgan fingerprint density at radius 1 is 0.262 bits per heavy atom. The molecular weight excluding hydrogens is 1050 g/mol. The molecule has 84 heavy (non-hydrogen) atoms. The van der Waals surface area contributed by atoms with Crippen LogP contribution in [0.2, 0.25) is 26.2 Å². The first-order valence-corrected chi connectivity index (χ1v) is 36.0. The van der Waals surface area contributed by atoms with Crippen molar-refractivity contribution in [2.45, 2.75) is 64.7 Å². The zero-order valence-corrected chi connectivity index (χ0v) is 51.1. The summed E-state index contributed by atoms with van der Waals surface area (Å²) in [4.78, 5) is 4.94. The highest BCUT2D eigenvalue weighted by Gasteiger charge is 2.49. The lowest BCUT2D eigenvalue weighted by Crippen LogP contribution is -2.63. The van der Waals surface area contributed by atoms with Gasteiger partial charge in [0.15, 0.2) is 0 Å². The Labute approximate surface area is 497 Å². The maximum atomic E-state index is 2.64. The topological polar surface area (TPSA) is 6.48 Å². The molecule has 404 valence electrons. The van der Waals surface area contributed by atoms with Gasteiger partial charge in [-0.3, -0.25) is 0 Å². The van der Waals surface area contributed by atoms with Crippen LogP contribution in [-0.2, 0) is 10.8 Å². The number of anilines is 6. The van der Waals surface area contributed by atoms with Crippen LogP contribution in [0.15, 0.2) is 255 Å². The molecule has 0 fully saturated rings. The van der Waals surface area contributed by atoms with E-state index >= 15 is 0 Å². The molecule has 0 spiro atoms. The summed E-state index contributed by atoms with van der Waals surface area (Å²) >= 11 is 0. The van der Waals surface area contributed by atoms with Crippen LogP contribution >= 0.6 is 0 Å². The molecule has 0 bridgehead atoms. The van der Waals surface area contributed by atoms with Crippen molar-refractivity contribution < 1.29 is 0 Å². The number of rotatable bonds is 8. The van der Waals surface area contributed by atoms with Gasteiger partial charge in [0.1, 0.15) is 16.1 Å². The molecule has 12 aromatic carbocycles. The number of fused-ring (bicyclic) bond motifs is 16. The Morgan fingerprint density at radius 3 is 0.976 bits per heavy atom. The van der Waals surface area contributed by atoms with Crippen LogP contribution in [0.25, 0.3) is 77.5 Å². The van der Waals surface area contributed by atoms with Crippen LogP contribution in [0.5, 0.6) is 0 Å². The molecule has 2 nitrogen and oxygen atoms in total. The SMILES string of the molecule is CC1(C)c2ccccc2-c2ccc(-c3ccc(N(c4ccccc4)c4ccc5c(c4)[Si](C)(C)c4c6c(c7ccccc7c4-5)-c4ccc(N(c5ccccc5)c5ccc(-c7ccc8c(c7)C(C)(C)c7ccccc7-8)cc5)cc4[Si]6(C)C)cc3)cc21. The monoisotopic (exact) mass is 1110 g/mol. The van der Waals surface area contributed by atoms with Gasteiger partial charge in [-0.1, -0.05) is 224 Å². The summed E-state index contributed by atoms with van der Waals surface area (Å²) in [5.74, 6) is 0. The molecule has 2 aliphatic heterocycles. The van der Waals surface area contributed by atoms with Crippen molar-refractivity contribution in [1.29, 1.82) is 0 Å². The highest BCUT2D eigenvalue weighted by molar-refractivity contribution is 7.13. The highest BCUT2D eigenvalue weighted by Crippen LogP contribution is 2.52. The number of para-hydroxylation sites is 2. The fourth-order valence-corrected chi connectivity index (χ4v) is 24.2. The number of benzene rings is 12. The second kappa shape index (κ2) is 18.2. The van der Waals surface area contributed by atoms with Crippen molar-refractivity contribution >= 4 is 81.8 Å². The first-order chi connectivity index (χ1) is 40.7. The van der Waals surface area contributed by atoms with Gasteiger partial charge in [-0.2, -0.15) is 0 Å². The van der Waals surface area contributed by atoms with E-state index in [2.05, 4.69) is 318 Å². The second-order valence-corrected chi connectivity index (χ2v) is 34.6. The van der Waals surface area contributed by atoms with Crippen LogP contribution in [0, 0.1) is 0 Å². The lowest BCUT2D eigenvalue weighted by Gasteiger charge is -2.30. The summed E-state index contributed by atoms with van der Waals surface area (Å²) in [6.07, 6.45) is 0. The van der Waals surface area contributed by atoms with Gasteiger partial charge in [-0.05, 0) is 205 Å². The molecule has 4 heteroatoms. The molecule has 0 aromatic heterocycles. The van der Waals surface area contributed by atoms with Gasteiger partial charge in [0.2, 0.25) is 0 Å². The molecule has 0 atom stereocenters. The fraction of sp³-hybridized carbons (Fsp3) is 0.125. The summed E-state index contributed by atoms with van der Waals surface area (Å²) in [5, 5.41) is 9.06. The predicted molar refractivity (Wildman–Crippen MR) is 364 cm³/mol. The van der Waals surface area contributed by atoms with Gasteiger partial charge < -0.3 is 9.80 Å². The van der Waals surface area contributed by atoms with Crippen molar-refractivity contribution in [3.05, 3.63) is 277 Å². The molecule has 4 aliphatic rings. The average molecular weight is 1110 g/mol. The molecule has 2 aliphatic carbocycles. The maximum Gasteiger partial charge on any atom is 0.113 e. The van der Waals surface area contributed by atoms with E-state index in [1.165, 1.54) is 122 Å². The van der Waals surface area contributed by atoms with E-state index in [1.807, 2.05) is 0 Å². The molecule has 16 rings (SSSR count). The van der Waals surface area contributed by atoms with E-state index in [4.69, 9.17) is 0 Å². The average Bonchev–Trinajstić information content (AvgIpc) is 1.54. The quantitative estimate of drug-likeness (QED) is 0.140. The van der Waals surface area contributed by atoms with Crippen LogP contribution < -0.4 is 30.5 Å². The summed E-state index contributed by atoms with van der Waals surface area (Å²) in [5.41, 5.74) is 28.6. The van der Waals surface area contributed by atoms with Crippen LogP contribution in [0.1, 0.15) is 49.9 Å². The summed E-state index contributed by atoms with van der Waals surface area (Å²) < 4.78 is 0. The van der Waals surface area contributed by atoms with E-state index < -0.39 is 16.1 Å². The Hall–Kier alpha value is -9.07. The van der Waals surface area contributed by atoms with E-state index in [0.717, 1.165) is 22.7 Å². The second-order valence-electron chi connectivity index (χ2n) is 26.1. The van der Waals surface area contributed by atoms with Crippen molar-refractivity contribution in [2.24, 2.45) is 0 Å². The number of hydrogen-bond donors (Lipinski definition) is 0. The first kappa shape index (κ1) is 50.6. The summed E-state index contributed by atoms with van der Waals surface area (Å²) in [7, 11) is -4.73. The van der Waals surface area contributed by atoms with Crippen molar-refractivity contribution in [2.75, 3.05) is 9.80 Å². The van der Waals surface area contributed by atoms with Crippen LogP contribution in [0.4, 0.5) is 34.1 Å². The van der Waals surface area contributed by atoms with Crippen LogP contribution in [0.3, 0.4) is 0 Å². The highest BCUT2D eigenvalue weighted by atomic mass is 28.3. The molecular formula is C80H66N2Si2. The molecule has 0 radical (unpaired) electrons. The number of hydrogen-bond acceptors (Lipinski definition) is 2. The maximum absolute atomic E-state index is 2.64. The van der Waals surface area contributed by atoms with E-state index in [-0.39, 0.29) is 10.8 Å².